The number of rotatable bonds is 9. The molecule has 0 fully saturated rings. The summed E-state index contributed by atoms with van der Waals surface area (Å²) in [5.74, 6) is 2.40. The van der Waals surface area contributed by atoms with Crippen molar-refractivity contribution in [1.29, 1.82) is 0 Å². The Morgan fingerprint density at radius 1 is 1.03 bits per heavy atom. The molecule has 2 aromatic carbocycles. The van der Waals surface area contributed by atoms with Gasteiger partial charge in [0.1, 0.15) is 29.4 Å². The lowest BCUT2D eigenvalue weighted by Crippen LogP contribution is -2.17. The van der Waals surface area contributed by atoms with Crippen molar-refractivity contribution in [3.8, 4) is 28.5 Å². The van der Waals surface area contributed by atoms with Crippen molar-refractivity contribution >= 4 is 0 Å². The normalized spacial score (nSPS) is 11.1. The highest BCUT2D eigenvalue weighted by atomic mass is 16.5. The van der Waals surface area contributed by atoms with E-state index in [1.807, 2.05) is 68.6 Å². The third kappa shape index (κ3) is 4.90. The Morgan fingerprint density at radius 2 is 1.81 bits per heavy atom. The second-order valence-electron chi connectivity index (χ2n) is 7.25. The highest BCUT2D eigenvalue weighted by Gasteiger charge is 2.22. The fourth-order valence-electron chi connectivity index (χ4n) is 3.28. The molecule has 0 aliphatic rings. The van der Waals surface area contributed by atoms with Crippen molar-refractivity contribution in [3.05, 3.63) is 84.5 Å². The number of hydrogen-bond acceptors (Lipinski definition) is 7. The van der Waals surface area contributed by atoms with Crippen LogP contribution in [0, 0.1) is 6.92 Å². The minimum Gasteiger partial charge on any atom is -0.490 e. The average molecular weight is 416 g/mol. The summed E-state index contributed by atoms with van der Waals surface area (Å²) < 4.78 is 16.9. The van der Waals surface area contributed by atoms with Crippen LogP contribution in [0.5, 0.6) is 5.75 Å². The van der Waals surface area contributed by atoms with E-state index in [0.717, 1.165) is 29.0 Å². The van der Waals surface area contributed by atoms with Gasteiger partial charge in [0, 0.05) is 12.1 Å². The standard InChI is InChI=1S/C24H24N4O3/c1-4-14-29-20-12-10-18(11-13-20)15-28(3)16-21-25-26-24(30-21)22-17(2)31-27-23(22)19-8-6-5-7-9-19/h4-13H,1,14-16H2,2-3H3. The van der Waals surface area contributed by atoms with Crippen LogP contribution in [0.3, 0.4) is 0 Å². The van der Waals surface area contributed by atoms with E-state index in [-0.39, 0.29) is 0 Å². The predicted octanol–water partition coefficient (Wildman–Crippen LogP) is 4.90. The monoisotopic (exact) mass is 416 g/mol. The van der Waals surface area contributed by atoms with E-state index in [1.54, 1.807) is 6.08 Å². The maximum Gasteiger partial charge on any atom is 0.253 e. The Kier molecular flexibility index (Phi) is 6.24. The van der Waals surface area contributed by atoms with Gasteiger partial charge in [0.25, 0.3) is 5.89 Å². The topological polar surface area (TPSA) is 77.4 Å². The molecular formula is C24H24N4O3. The van der Waals surface area contributed by atoms with Crippen LogP contribution in [0.1, 0.15) is 17.2 Å². The molecule has 0 amide bonds. The van der Waals surface area contributed by atoms with Crippen molar-refractivity contribution in [3.63, 3.8) is 0 Å². The Balaban J connectivity index is 1.44. The molecule has 0 saturated carbocycles. The minimum absolute atomic E-state index is 0.407. The van der Waals surface area contributed by atoms with Crippen molar-refractivity contribution < 1.29 is 13.7 Å². The molecule has 0 unspecified atom stereocenters. The first-order valence-electron chi connectivity index (χ1n) is 9.99. The average Bonchev–Trinajstić information content (AvgIpc) is 3.39. The fraction of sp³-hybridized carbons (Fsp3) is 0.208. The Bertz CT molecular complexity index is 1130. The second-order valence-corrected chi connectivity index (χ2v) is 7.25. The van der Waals surface area contributed by atoms with Gasteiger partial charge in [-0.15, -0.1) is 10.2 Å². The molecule has 0 bridgehead atoms. The van der Waals surface area contributed by atoms with Crippen LogP contribution in [-0.2, 0) is 13.1 Å². The van der Waals surface area contributed by atoms with E-state index in [2.05, 4.69) is 26.8 Å². The van der Waals surface area contributed by atoms with Gasteiger partial charge in [0.2, 0.25) is 5.89 Å². The molecule has 2 aromatic heterocycles. The summed E-state index contributed by atoms with van der Waals surface area (Å²) in [5.41, 5.74) is 3.52. The van der Waals surface area contributed by atoms with Gasteiger partial charge in [-0.05, 0) is 31.7 Å². The van der Waals surface area contributed by atoms with Gasteiger partial charge < -0.3 is 13.7 Å². The smallest absolute Gasteiger partial charge is 0.253 e. The number of benzene rings is 2. The van der Waals surface area contributed by atoms with Crippen LogP contribution < -0.4 is 4.74 Å². The molecule has 0 radical (unpaired) electrons. The second kappa shape index (κ2) is 9.40. The van der Waals surface area contributed by atoms with Crippen LogP contribution >= 0.6 is 0 Å². The lowest BCUT2D eigenvalue weighted by molar-refractivity contribution is 0.282. The number of ether oxygens (including phenoxy) is 1. The number of hydrogen-bond donors (Lipinski definition) is 0. The van der Waals surface area contributed by atoms with Crippen molar-refractivity contribution in [2.45, 2.75) is 20.0 Å². The van der Waals surface area contributed by atoms with Gasteiger partial charge in [-0.25, -0.2) is 0 Å². The first-order chi connectivity index (χ1) is 15.1. The molecule has 0 N–H and O–H groups in total. The van der Waals surface area contributed by atoms with Gasteiger partial charge in [-0.1, -0.05) is 60.3 Å². The van der Waals surface area contributed by atoms with E-state index < -0.39 is 0 Å². The molecule has 7 nitrogen and oxygen atoms in total. The van der Waals surface area contributed by atoms with Crippen molar-refractivity contribution in [2.75, 3.05) is 13.7 Å². The molecule has 158 valence electrons. The maximum atomic E-state index is 5.95. The molecule has 31 heavy (non-hydrogen) atoms. The molecule has 0 spiro atoms. The van der Waals surface area contributed by atoms with E-state index in [9.17, 15) is 0 Å². The lowest BCUT2D eigenvalue weighted by Gasteiger charge is -2.14. The van der Waals surface area contributed by atoms with Gasteiger partial charge in [-0.3, -0.25) is 4.90 Å². The predicted molar refractivity (Wildman–Crippen MR) is 117 cm³/mol. The van der Waals surface area contributed by atoms with Gasteiger partial charge in [0.05, 0.1) is 6.54 Å². The Labute approximate surface area is 181 Å². The molecule has 2 heterocycles. The van der Waals surface area contributed by atoms with E-state index in [1.165, 1.54) is 0 Å². The Morgan fingerprint density at radius 3 is 2.55 bits per heavy atom. The van der Waals surface area contributed by atoms with Crippen LogP contribution in [0.2, 0.25) is 0 Å². The summed E-state index contributed by atoms with van der Waals surface area (Å²) >= 11 is 0. The first-order valence-corrected chi connectivity index (χ1v) is 9.99. The molecule has 0 atom stereocenters. The van der Waals surface area contributed by atoms with Crippen LogP contribution in [0.15, 0.2) is 76.2 Å². The zero-order chi connectivity index (χ0) is 21.6. The molecule has 4 rings (SSSR count). The Hall–Kier alpha value is -3.71. The SMILES string of the molecule is C=CCOc1ccc(CN(C)Cc2nnc(-c3c(-c4ccccc4)noc3C)o2)cc1. The molecule has 0 saturated heterocycles. The van der Waals surface area contributed by atoms with Gasteiger partial charge in [-0.2, -0.15) is 0 Å². The summed E-state index contributed by atoms with van der Waals surface area (Å²) in [6, 6.07) is 17.8. The largest absolute Gasteiger partial charge is 0.490 e. The molecule has 0 aliphatic heterocycles. The summed E-state index contributed by atoms with van der Waals surface area (Å²) in [4.78, 5) is 2.11. The van der Waals surface area contributed by atoms with Crippen molar-refractivity contribution in [1.82, 2.24) is 20.3 Å². The van der Waals surface area contributed by atoms with E-state index >= 15 is 0 Å². The zero-order valence-electron chi connectivity index (χ0n) is 17.6. The lowest BCUT2D eigenvalue weighted by atomic mass is 10.1. The van der Waals surface area contributed by atoms with Gasteiger partial charge >= 0.3 is 0 Å². The minimum atomic E-state index is 0.407. The molecule has 0 aliphatic carbocycles. The van der Waals surface area contributed by atoms with E-state index in [0.29, 0.717) is 36.4 Å². The summed E-state index contributed by atoms with van der Waals surface area (Å²) in [6.07, 6.45) is 1.73. The summed E-state index contributed by atoms with van der Waals surface area (Å²) in [6.45, 7) is 7.25. The molecular weight excluding hydrogens is 392 g/mol. The number of nitrogens with zero attached hydrogens (tertiary/aromatic N) is 4. The van der Waals surface area contributed by atoms with Gasteiger partial charge in [0.15, 0.2) is 0 Å². The highest BCUT2D eigenvalue weighted by molar-refractivity contribution is 5.77. The summed E-state index contributed by atoms with van der Waals surface area (Å²) in [7, 11) is 2.01. The highest BCUT2D eigenvalue weighted by Crippen LogP contribution is 2.33. The molecule has 7 heteroatoms. The molecule has 4 aromatic rings. The zero-order valence-corrected chi connectivity index (χ0v) is 17.6. The maximum absolute atomic E-state index is 5.95. The first kappa shape index (κ1) is 20.6. The number of aromatic nitrogens is 3. The van der Waals surface area contributed by atoms with Crippen molar-refractivity contribution in [2.24, 2.45) is 0 Å². The van der Waals surface area contributed by atoms with Crippen LogP contribution in [-0.4, -0.2) is 33.9 Å². The van der Waals surface area contributed by atoms with Crippen LogP contribution in [0.25, 0.3) is 22.7 Å². The quantitative estimate of drug-likeness (QED) is 0.359. The van der Waals surface area contributed by atoms with E-state index in [4.69, 9.17) is 13.7 Å². The number of aryl methyl sites for hydroxylation is 1. The fourth-order valence-corrected chi connectivity index (χ4v) is 3.28. The van der Waals surface area contributed by atoms with Crippen LogP contribution in [0.4, 0.5) is 0 Å². The summed E-state index contributed by atoms with van der Waals surface area (Å²) in [5, 5.41) is 12.6. The third-order valence-corrected chi connectivity index (χ3v) is 4.74. The third-order valence-electron chi connectivity index (χ3n) is 4.74.